The summed E-state index contributed by atoms with van der Waals surface area (Å²) in [6.07, 6.45) is 2.00. The zero-order valence-corrected chi connectivity index (χ0v) is 11.4. The molecule has 3 heteroatoms. The minimum Gasteiger partial charge on any atom is -0.381 e. The fourth-order valence-electron chi connectivity index (χ4n) is 2.49. The maximum atomic E-state index is 13.2. The minimum atomic E-state index is -0.212. The Morgan fingerprint density at radius 3 is 2.39 bits per heavy atom. The molecule has 2 aromatic rings. The van der Waals surface area contributed by atoms with Crippen LogP contribution in [0.4, 0.5) is 10.1 Å². The van der Waals surface area contributed by atoms with Crippen molar-refractivity contribution in [1.29, 1.82) is 0 Å². The van der Waals surface area contributed by atoms with Crippen LogP contribution in [0.25, 0.3) is 0 Å². The maximum absolute atomic E-state index is 13.2. The molecule has 1 nitrogen and oxygen atoms in total. The van der Waals surface area contributed by atoms with Crippen LogP contribution in [0.15, 0.2) is 46.9 Å². The van der Waals surface area contributed by atoms with Gasteiger partial charge in [0.2, 0.25) is 0 Å². The summed E-state index contributed by atoms with van der Waals surface area (Å²) < 4.78 is 14.1. The summed E-state index contributed by atoms with van der Waals surface area (Å²) in [7, 11) is 0. The molecule has 92 valence electrons. The van der Waals surface area contributed by atoms with E-state index in [9.17, 15) is 4.39 Å². The lowest BCUT2D eigenvalue weighted by atomic mass is 10.1. The summed E-state index contributed by atoms with van der Waals surface area (Å²) >= 11 is 3.44. The molecular weight excluding hydrogens is 293 g/mol. The standard InChI is InChI=1S/C15H13BrFN/c16-14-6-5-12(17)9-15(14)18-13-7-10-3-1-2-4-11(10)8-13/h1-6,9,13,18H,7-8H2. The zero-order chi connectivity index (χ0) is 12.5. The lowest BCUT2D eigenvalue weighted by Crippen LogP contribution is -2.19. The molecule has 0 radical (unpaired) electrons. The van der Waals surface area contributed by atoms with Crippen molar-refractivity contribution in [3.63, 3.8) is 0 Å². The molecule has 18 heavy (non-hydrogen) atoms. The van der Waals surface area contributed by atoms with Gasteiger partial charge < -0.3 is 5.32 Å². The smallest absolute Gasteiger partial charge is 0.125 e. The predicted molar refractivity (Wildman–Crippen MR) is 75.4 cm³/mol. The Kier molecular flexibility index (Phi) is 3.08. The van der Waals surface area contributed by atoms with Gasteiger partial charge in [-0.2, -0.15) is 0 Å². The van der Waals surface area contributed by atoms with E-state index in [0.29, 0.717) is 6.04 Å². The van der Waals surface area contributed by atoms with E-state index < -0.39 is 0 Å². The maximum Gasteiger partial charge on any atom is 0.125 e. The first-order valence-corrected chi connectivity index (χ1v) is 6.80. The van der Waals surface area contributed by atoms with Gasteiger partial charge in [0, 0.05) is 10.5 Å². The van der Waals surface area contributed by atoms with E-state index in [-0.39, 0.29) is 5.82 Å². The molecule has 0 aliphatic heterocycles. The molecule has 0 amide bonds. The third-order valence-corrected chi connectivity index (χ3v) is 4.03. The van der Waals surface area contributed by atoms with Gasteiger partial charge in [-0.3, -0.25) is 0 Å². The van der Waals surface area contributed by atoms with E-state index in [1.165, 1.54) is 23.3 Å². The summed E-state index contributed by atoms with van der Waals surface area (Å²) in [6.45, 7) is 0. The second-order valence-electron chi connectivity index (χ2n) is 4.64. The van der Waals surface area contributed by atoms with Gasteiger partial charge in [0.15, 0.2) is 0 Å². The van der Waals surface area contributed by atoms with E-state index >= 15 is 0 Å². The van der Waals surface area contributed by atoms with Crippen molar-refractivity contribution in [3.05, 3.63) is 63.9 Å². The van der Waals surface area contributed by atoms with Crippen LogP contribution in [-0.2, 0) is 12.8 Å². The van der Waals surface area contributed by atoms with Crippen LogP contribution in [0.5, 0.6) is 0 Å². The molecule has 0 fully saturated rings. The number of rotatable bonds is 2. The largest absolute Gasteiger partial charge is 0.381 e. The van der Waals surface area contributed by atoms with Crippen molar-refractivity contribution >= 4 is 21.6 Å². The second kappa shape index (κ2) is 4.73. The predicted octanol–water partition coefficient (Wildman–Crippen LogP) is 4.17. The molecule has 0 spiro atoms. The quantitative estimate of drug-likeness (QED) is 0.878. The molecule has 0 unspecified atom stereocenters. The summed E-state index contributed by atoms with van der Waals surface area (Å²) in [6, 6.07) is 13.5. The van der Waals surface area contributed by atoms with Gasteiger partial charge in [0.05, 0.1) is 5.69 Å². The third kappa shape index (κ3) is 2.27. The Balaban J connectivity index is 1.78. The first kappa shape index (κ1) is 11.7. The number of benzene rings is 2. The molecule has 1 N–H and O–H groups in total. The molecule has 1 aliphatic carbocycles. The first-order chi connectivity index (χ1) is 8.72. The molecule has 0 bridgehead atoms. The van der Waals surface area contributed by atoms with E-state index in [1.807, 2.05) is 0 Å². The van der Waals surface area contributed by atoms with Crippen LogP contribution >= 0.6 is 15.9 Å². The summed E-state index contributed by atoms with van der Waals surface area (Å²) in [5.41, 5.74) is 3.61. The van der Waals surface area contributed by atoms with Gasteiger partial charge in [0.1, 0.15) is 5.82 Å². The van der Waals surface area contributed by atoms with Crippen LogP contribution in [0, 0.1) is 5.82 Å². The van der Waals surface area contributed by atoms with Gasteiger partial charge >= 0.3 is 0 Å². The Hall–Kier alpha value is -1.35. The number of hydrogen-bond acceptors (Lipinski definition) is 1. The molecular formula is C15H13BrFN. The van der Waals surface area contributed by atoms with Crippen LogP contribution < -0.4 is 5.32 Å². The molecule has 1 aliphatic rings. The molecule has 0 aromatic heterocycles. The molecule has 0 saturated heterocycles. The summed E-state index contributed by atoms with van der Waals surface area (Å²) in [4.78, 5) is 0. The Morgan fingerprint density at radius 2 is 1.72 bits per heavy atom. The van der Waals surface area contributed by atoms with E-state index in [1.54, 1.807) is 6.07 Å². The minimum absolute atomic E-state index is 0.212. The van der Waals surface area contributed by atoms with Crippen LogP contribution in [0.3, 0.4) is 0 Å². The summed E-state index contributed by atoms with van der Waals surface area (Å²) in [5, 5.41) is 3.41. The number of anilines is 1. The van der Waals surface area contributed by atoms with Gasteiger partial charge in [-0.05, 0) is 58.1 Å². The lowest BCUT2D eigenvalue weighted by molar-refractivity contribution is 0.627. The fourth-order valence-corrected chi connectivity index (χ4v) is 2.85. The highest BCUT2D eigenvalue weighted by Crippen LogP contribution is 2.28. The van der Waals surface area contributed by atoms with Gasteiger partial charge in [-0.15, -0.1) is 0 Å². The highest BCUT2D eigenvalue weighted by Gasteiger charge is 2.21. The number of nitrogens with one attached hydrogen (secondary N) is 1. The van der Waals surface area contributed by atoms with Gasteiger partial charge in [-0.25, -0.2) is 4.39 Å². The van der Waals surface area contributed by atoms with E-state index in [4.69, 9.17) is 0 Å². The second-order valence-corrected chi connectivity index (χ2v) is 5.50. The monoisotopic (exact) mass is 305 g/mol. The highest BCUT2D eigenvalue weighted by molar-refractivity contribution is 9.10. The van der Waals surface area contributed by atoms with E-state index in [2.05, 4.69) is 45.5 Å². The molecule has 0 saturated carbocycles. The number of halogens is 2. The molecule has 3 rings (SSSR count). The highest BCUT2D eigenvalue weighted by atomic mass is 79.9. The Labute approximate surface area is 114 Å². The topological polar surface area (TPSA) is 12.0 Å². The van der Waals surface area contributed by atoms with Crippen molar-refractivity contribution in [2.45, 2.75) is 18.9 Å². The van der Waals surface area contributed by atoms with Crippen molar-refractivity contribution in [2.75, 3.05) is 5.32 Å². The van der Waals surface area contributed by atoms with Crippen molar-refractivity contribution < 1.29 is 4.39 Å². The SMILES string of the molecule is Fc1ccc(Br)c(NC2Cc3ccccc3C2)c1. The Bertz CT molecular complexity index is 557. The van der Waals surface area contributed by atoms with Crippen LogP contribution in [0.1, 0.15) is 11.1 Å². The molecule has 0 heterocycles. The average Bonchev–Trinajstić information content (AvgIpc) is 2.76. The number of hydrogen-bond donors (Lipinski definition) is 1. The van der Waals surface area contributed by atoms with Crippen molar-refractivity contribution in [1.82, 2.24) is 0 Å². The number of fused-ring (bicyclic) bond motifs is 1. The third-order valence-electron chi connectivity index (χ3n) is 3.34. The molecule has 2 aromatic carbocycles. The average molecular weight is 306 g/mol. The summed E-state index contributed by atoms with van der Waals surface area (Å²) in [5.74, 6) is -0.212. The van der Waals surface area contributed by atoms with Crippen molar-refractivity contribution in [3.8, 4) is 0 Å². The van der Waals surface area contributed by atoms with Crippen molar-refractivity contribution in [2.24, 2.45) is 0 Å². The lowest BCUT2D eigenvalue weighted by Gasteiger charge is -2.15. The first-order valence-electron chi connectivity index (χ1n) is 6.01. The normalized spacial score (nSPS) is 14.6. The zero-order valence-electron chi connectivity index (χ0n) is 9.79. The Morgan fingerprint density at radius 1 is 1.06 bits per heavy atom. The van der Waals surface area contributed by atoms with E-state index in [0.717, 1.165) is 23.0 Å². The van der Waals surface area contributed by atoms with Crippen LogP contribution in [0.2, 0.25) is 0 Å². The molecule has 0 atom stereocenters. The van der Waals surface area contributed by atoms with Gasteiger partial charge in [-0.1, -0.05) is 24.3 Å². The fraction of sp³-hybridized carbons (Fsp3) is 0.200. The van der Waals surface area contributed by atoms with Crippen LogP contribution in [-0.4, -0.2) is 6.04 Å². The van der Waals surface area contributed by atoms with Gasteiger partial charge in [0.25, 0.3) is 0 Å².